The molecule has 0 bridgehead atoms. The molecule has 1 amide bonds. The van der Waals surface area contributed by atoms with Crippen molar-refractivity contribution in [1.82, 2.24) is 14.7 Å². The summed E-state index contributed by atoms with van der Waals surface area (Å²) in [4.78, 5) is 16.5. The Hall–Kier alpha value is -2.80. The van der Waals surface area contributed by atoms with Crippen LogP contribution in [0, 0.1) is 6.92 Å². The van der Waals surface area contributed by atoms with Crippen molar-refractivity contribution in [2.24, 2.45) is 0 Å². The number of thiophene rings is 1. The van der Waals surface area contributed by atoms with Crippen LogP contribution in [0.25, 0.3) is 0 Å². The van der Waals surface area contributed by atoms with Gasteiger partial charge in [0.2, 0.25) is 5.91 Å². The molecule has 3 aromatic rings. The van der Waals surface area contributed by atoms with Gasteiger partial charge < -0.3 is 14.4 Å². The number of aromatic nitrogens is 2. The summed E-state index contributed by atoms with van der Waals surface area (Å²) >= 11 is 1.67. The number of benzene rings is 1. The second-order valence-electron chi connectivity index (χ2n) is 8.28. The average Bonchev–Trinajstić information content (AvgIpc) is 3.58. The molecule has 0 aliphatic heterocycles. The lowest BCUT2D eigenvalue weighted by Gasteiger charge is -2.29. The molecule has 170 valence electrons. The van der Waals surface area contributed by atoms with E-state index in [1.54, 1.807) is 18.4 Å². The maximum Gasteiger partial charge on any atom is 0.224 e. The first-order valence-corrected chi connectivity index (χ1v) is 12.1. The van der Waals surface area contributed by atoms with Crippen molar-refractivity contribution in [1.29, 1.82) is 0 Å². The highest BCUT2D eigenvalue weighted by Gasteiger charge is 2.27. The first kappa shape index (κ1) is 22.4. The van der Waals surface area contributed by atoms with Crippen molar-refractivity contribution >= 4 is 17.2 Å². The van der Waals surface area contributed by atoms with Crippen LogP contribution in [0.15, 0.2) is 48.0 Å². The molecule has 0 radical (unpaired) electrons. The van der Waals surface area contributed by atoms with Crippen LogP contribution in [0.5, 0.6) is 11.5 Å². The number of aryl methyl sites for hydroxylation is 2. The molecule has 0 N–H and O–H groups in total. The molecule has 4 rings (SSSR count). The lowest BCUT2D eigenvalue weighted by atomic mass is 10.1. The number of carbonyl (C=O) groups excluding carboxylic acids is 1. The largest absolute Gasteiger partial charge is 0.493 e. The van der Waals surface area contributed by atoms with Crippen LogP contribution >= 0.6 is 11.3 Å². The second kappa shape index (κ2) is 10.7. The number of amides is 1. The molecule has 6 nitrogen and oxygen atoms in total. The quantitative estimate of drug-likeness (QED) is 0.423. The minimum Gasteiger partial charge on any atom is -0.493 e. The third-order valence-corrected chi connectivity index (χ3v) is 6.80. The summed E-state index contributed by atoms with van der Waals surface area (Å²) in [5.41, 5.74) is 2.03. The average molecular weight is 454 g/mol. The van der Waals surface area contributed by atoms with Crippen LogP contribution in [-0.2, 0) is 24.5 Å². The van der Waals surface area contributed by atoms with Gasteiger partial charge in [-0.2, -0.15) is 5.10 Å². The van der Waals surface area contributed by atoms with Crippen LogP contribution in [0.2, 0.25) is 0 Å². The lowest BCUT2D eigenvalue weighted by Crippen LogP contribution is -2.38. The van der Waals surface area contributed by atoms with Crippen LogP contribution in [0.4, 0.5) is 0 Å². The first-order chi connectivity index (χ1) is 15.6. The molecule has 1 aliphatic carbocycles. The van der Waals surface area contributed by atoms with E-state index in [1.807, 2.05) is 53.5 Å². The van der Waals surface area contributed by atoms with Gasteiger partial charge in [0, 0.05) is 36.6 Å². The zero-order valence-corrected chi connectivity index (χ0v) is 19.6. The van der Waals surface area contributed by atoms with Gasteiger partial charge in [-0.15, -0.1) is 11.3 Å². The molecule has 1 aliphatic rings. The topological polar surface area (TPSA) is 56.6 Å². The van der Waals surface area contributed by atoms with Crippen molar-refractivity contribution in [3.63, 3.8) is 0 Å². The summed E-state index contributed by atoms with van der Waals surface area (Å²) in [5, 5.41) is 6.46. The van der Waals surface area contributed by atoms with Gasteiger partial charge in [0.25, 0.3) is 0 Å². The fourth-order valence-corrected chi connectivity index (χ4v) is 4.87. The predicted octanol–water partition coefficient (Wildman–Crippen LogP) is 5.20. The summed E-state index contributed by atoms with van der Waals surface area (Å²) in [7, 11) is 1.65. The highest BCUT2D eigenvalue weighted by atomic mass is 32.1. The maximum absolute atomic E-state index is 13.2. The first-order valence-electron chi connectivity index (χ1n) is 11.2. The van der Waals surface area contributed by atoms with Crippen molar-refractivity contribution in [3.8, 4) is 11.5 Å². The van der Waals surface area contributed by atoms with Crippen LogP contribution in [0.1, 0.15) is 48.2 Å². The van der Waals surface area contributed by atoms with Gasteiger partial charge in [-0.25, -0.2) is 0 Å². The Kier molecular flexibility index (Phi) is 7.47. The fourth-order valence-electron chi connectivity index (χ4n) is 4.25. The van der Waals surface area contributed by atoms with Gasteiger partial charge >= 0.3 is 0 Å². The third kappa shape index (κ3) is 5.71. The van der Waals surface area contributed by atoms with Crippen LogP contribution in [0.3, 0.4) is 0 Å². The Bertz CT molecular complexity index is 1010. The molecule has 0 atom stereocenters. The summed E-state index contributed by atoms with van der Waals surface area (Å²) in [6, 6.07) is 12.3. The number of hydrogen-bond donors (Lipinski definition) is 0. The van der Waals surface area contributed by atoms with Crippen molar-refractivity contribution in [2.75, 3.05) is 7.11 Å². The Morgan fingerprint density at radius 3 is 2.75 bits per heavy atom. The molecule has 2 aromatic heterocycles. The minimum absolute atomic E-state index is 0.182. The summed E-state index contributed by atoms with van der Waals surface area (Å²) in [6.45, 7) is 3.66. The number of methoxy groups -OCH3 is 1. The molecule has 2 heterocycles. The molecule has 1 fully saturated rings. The zero-order chi connectivity index (χ0) is 22.3. The number of carbonyl (C=O) groups is 1. The van der Waals surface area contributed by atoms with E-state index in [9.17, 15) is 4.79 Å². The highest BCUT2D eigenvalue weighted by molar-refractivity contribution is 7.09. The maximum atomic E-state index is 13.2. The Morgan fingerprint density at radius 1 is 1.22 bits per heavy atom. The van der Waals surface area contributed by atoms with E-state index in [0.717, 1.165) is 29.0 Å². The summed E-state index contributed by atoms with van der Waals surface area (Å²) in [6.07, 6.45) is 6.91. The highest BCUT2D eigenvalue weighted by Crippen LogP contribution is 2.31. The Balaban J connectivity index is 1.46. The van der Waals surface area contributed by atoms with Gasteiger partial charge in [-0.3, -0.25) is 9.48 Å². The van der Waals surface area contributed by atoms with E-state index in [2.05, 4.69) is 16.1 Å². The predicted molar refractivity (Wildman–Crippen MR) is 126 cm³/mol. The summed E-state index contributed by atoms with van der Waals surface area (Å²) < 4.78 is 13.4. The standard InChI is InChI=1S/C25H31N3O3S/c1-19-11-13-27(26-19)14-12-25(29)28(21-6-3-4-7-21)17-20-9-10-23(30-2)24(16-20)31-18-22-8-5-15-32-22/h5,8-11,13,15-16,21H,3-4,6-7,12,14,17-18H2,1-2H3. The molecular weight excluding hydrogens is 422 g/mol. The van der Waals surface area contributed by atoms with Gasteiger partial charge in [0.1, 0.15) is 6.61 Å². The van der Waals surface area contributed by atoms with Crippen molar-refractivity contribution < 1.29 is 14.3 Å². The SMILES string of the molecule is COc1ccc(CN(C(=O)CCn2ccc(C)n2)C2CCCC2)cc1OCc1cccs1. The van der Waals surface area contributed by atoms with Gasteiger partial charge in [0.05, 0.1) is 12.8 Å². The number of nitrogens with zero attached hydrogens (tertiary/aromatic N) is 3. The summed E-state index contributed by atoms with van der Waals surface area (Å²) in [5.74, 6) is 1.60. The van der Waals surface area contributed by atoms with Gasteiger partial charge in [0.15, 0.2) is 11.5 Å². The molecule has 1 aromatic carbocycles. The second-order valence-corrected chi connectivity index (χ2v) is 9.32. The van der Waals surface area contributed by atoms with E-state index in [0.29, 0.717) is 43.7 Å². The molecule has 1 saturated carbocycles. The van der Waals surface area contributed by atoms with Gasteiger partial charge in [-0.1, -0.05) is 25.0 Å². The van der Waals surface area contributed by atoms with Gasteiger partial charge in [-0.05, 0) is 55.0 Å². The number of hydrogen-bond acceptors (Lipinski definition) is 5. The lowest BCUT2D eigenvalue weighted by molar-refractivity contribution is -0.134. The van der Waals surface area contributed by atoms with Crippen LogP contribution < -0.4 is 9.47 Å². The molecule has 32 heavy (non-hydrogen) atoms. The van der Waals surface area contributed by atoms with E-state index < -0.39 is 0 Å². The monoisotopic (exact) mass is 453 g/mol. The normalized spacial score (nSPS) is 13.9. The van der Waals surface area contributed by atoms with E-state index in [-0.39, 0.29) is 5.91 Å². The Labute approximate surface area is 193 Å². The van der Waals surface area contributed by atoms with Crippen molar-refractivity contribution in [3.05, 3.63) is 64.1 Å². The molecule has 0 saturated heterocycles. The zero-order valence-electron chi connectivity index (χ0n) is 18.8. The smallest absolute Gasteiger partial charge is 0.224 e. The molecular formula is C25H31N3O3S. The van der Waals surface area contributed by atoms with E-state index >= 15 is 0 Å². The Morgan fingerprint density at radius 2 is 2.06 bits per heavy atom. The molecule has 7 heteroatoms. The molecule has 0 spiro atoms. The van der Waals surface area contributed by atoms with E-state index in [1.165, 1.54) is 12.8 Å². The minimum atomic E-state index is 0.182. The fraction of sp³-hybridized carbons (Fsp3) is 0.440. The molecule has 0 unspecified atom stereocenters. The third-order valence-electron chi connectivity index (χ3n) is 5.95. The number of rotatable bonds is 10. The van der Waals surface area contributed by atoms with Crippen molar-refractivity contribution in [2.45, 2.75) is 64.8 Å². The number of ether oxygens (including phenoxy) is 2. The van der Waals surface area contributed by atoms with E-state index in [4.69, 9.17) is 9.47 Å². The van der Waals surface area contributed by atoms with Crippen LogP contribution in [-0.4, -0.2) is 33.7 Å².